The van der Waals surface area contributed by atoms with Gasteiger partial charge in [0.05, 0.1) is 19.0 Å². The largest absolute Gasteiger partial charge is 0.497 e. The lowest BCUT2D eigenvalue weighted by molar-refractivity contribution is 0.0953. The van der Waals surface area contributed by atoms with E-state index in [1.807, 2.05) is 0 Å². The summed E-state index contributed by atoms with van der Waals surface area (Å²) in [6, 6.07) is 8.21. The molecule has 1 amide bonds. The summed E-state index contributed by atoms with van der Waals surface area (Å²) in [4.78, 5) is 19.4. The number of rotatable bonds is 10. The first-order valence-corrected chi connectivity index (χ1v) is 10.3. The molecule has 0 radical (unpaired) electrons. The van der Waals surface area contributed by atoms with Crippen molar-refractivity contribution in [3.05, 3.63) is 47.8 Å². The second kappa shape index (κ2) is 10.3. The Morgan fingerprint density at radius 1 is 1.23 bits per heavy atom. The molecular weight excluding hydrogens is 404 g/mol. The normalized spacial score (nSPS) is 11.5. The van der Waals surface area contributed by atoms with Crippen LogP contribution in [0.1, 0.15) is 42.7 Å². The molecule has 3 aromatic rings. The molecule has 7 nitrogen and oxygen atoms in total. The van der Waals surface area contributed by atoms with E-state index in [0.29, 0.717) is 23.6 Å². The molecule has 0 fully saturated rings. The fourth-order valence-corrected chi connectivity index (χ4v) is 3.35. The second-order valence-corrected chi connectivity index (χ2v) is 7.03. The monoisotopic (exact) mass is 431 g/mol. The first-order valence-electron chi connectivity index (χ1n) is 10.3. The number of hydrogen-bond acceptors (Lipinski definition) is 5. The Morgan fingerprint density at radius 2 is 1.94 bits per heavy atom. The Bertz CT molecular complexity index is 1020. The summed E-state index contributed by atoms with van der Waals surface area (Å²) in [5.74, 6) is 0.266. The Morgan fingerprint density at radius 3 is 2.55 bits per heavy atom. The minimum Gasteiger partial charge on any atom is -0.497 e. The molecule has 0 unspecified atom stereocenters. The first kappa shape index (κ1) is 22.6. The van der Waals surface area contributed by atoms with Crippen LogP contribution in [0, 0.1) is 0 Å². The number of carbonyl (C=O) groups excluding carboxylic acids is 1. The summed E-state index contributed by atoms with van der Waals surface area (Å²) < 4.78 is 33.6. The number of aromatic nitrogens is 3. The number of halogens is 2. The molecule has 0 bridgehead atoms. The lowest BCUT2D eigenvalue weighted by atomic mass is 10.1. The molecule has 2 aromatic heterocycles. The molecule has 2 heterocycles. The van der Waals surface area contributed by atoms with E-state index in [0.717, 1.165) is 30.6 Å². The van der Waals surface area contributed by atoms with Crippen molar-refractivity contribution < 1.29 is 18.3 Å². The van der Waals surface area contributed by atoms with Gasteiger partial charge < -0.3 is 15.0 Å². The van der Waals surface area contributed by atoms with Crippen molar-refractivity contribution in [3.63, 3.8) is 0 Å². The number of hydrogen-bond donors (Lipinski definition) is 1. The molecule has 1 N–H and O–H groups in total. The van der Waals surface area contributed by atoms with Gasteiger partial charge in [0.2, 0.25) is 0 Å². The maximum absolute atomic E-state index is 13.7. The fraction of sp³-hybridized carbons (Fsp3) is 0.409. The Labute approximate surface area is 180 Å². The highest BCUT2D eigenvalue weighted by Gasteiger charge is 2.21. The highest BCUT2D eigenvalue weighted by atomic mass is 19.3. The number of carbonyl (C=O) groups is 1. The topological polar surface area (TPSA) is 71.8 Å². The third-order valence-electron chi connectivity index (χ3n) is 5.18. The van der Waals surface area contributed by atoms with E-state index in [1.54, 1.807) is 31.4 Å². The van der Waals surface area contributed by atoms with Crippen LogP contribution >= 0.6 is 0 Å². The van der Waals surface area contributed by atoms with Crippen LogP contribution in [0.3, 0.4) is 0 Å². The highest BCUT2D eigenvalue weighted by Crippen LogP contribution is 2.27. The molecule has 9 heteroatoms. The van der Waals surface area contributed by atoms with E-state index in [4.69, 9.17) is 4.74 Å². The number of methoxy groups -OCH3 is 1. The summed E-state index contributed by atoms with van der Waals surface area (Å²) in [5.41, 5.74) is 0.917. The molecule has 166 valence electrons. The zero-order chi connectivity index (χ0) is 22.4. The average Bonchev–Trinajstić information content (AvgIpc) is 3.22. The van der Waals surface area contributed by atoms with Gasteiger partial charge in [-0.25, -0.2) is 18.3 Å². The van der Waals surface area contributed by atoms with Gasteiger partial charge in [0, 0.05) is 12.1 Å². The summed E-state index contributed by atoms with van der Waals surface area (Å²) >= 11 is 0. The summed E-state index contributed by atoms with van der Waals surface area (Å²) in [7, 11) is 1.55. The van der Waals surface area contributed by atoms with Crippen LogP contribution in [0.2, 0.25) is 0 Å². The maximum atomic E-state index is 13.7. The van der Waals surface area contributed by atoms with Gasteiger partial charge in [-0.3, -0.25) is 4.79 Å². The molecule has 31 heavy (non-hydrogen) atoms. The van der Waals surface area contributed by atoms with Crippen LogP contribution in [0.4, 0.5) is 8.78 Å². The van der Waals surface area contributed by atoms with E-state index in [9.17, 15) is 13.6 Å². The minimum absolute atomic E-state index is 0.102. The van der Waals surface area contributed by atoms with Gasteiger partial charge in [-0.05, 0) is 56.4 Å². The number of benzene rings is 1. The van der Waals surface area contributed by atoms with Crippen molar-refractivity contribution >= 4 is 11.6 Å². The van der Waals surface area contributed by atoms with Gasteiger partial charge in [0.15, 0.2) is 5.65 Å². The molecule has 0 saturated carbocycles. The van der Waals surface area contributed by atoms with E-state index in [1.165, 1.54) is 12.3 Å². The molecule has 0 aliphatic carbocycles. The van der Waals surface area contributed by atoms with Gasteiger partial charge in [-0.1, -0.05) is 13.8 Å². The van der Waals surface area contributed by atoms with E-state index in [2.05, 4.69) is 34.1 Å². The lowest BCUT2D eigenvalue weighted by Crippen LogP contribution is -2.29. The molecule has 0 aliphatic rings. The number of amides is 1. The second-order valence-electron chi connectivity index (χ2n) is 7.03. The molecule has 0 saturated heterocycles. The number of fused-ring (bicyclic) bond motifs is 1. The molecule has 1 aromatic carbocycles. The van der Waals surface area contributed by atoms with Crippen molar-refractivity contribution in [3.8, 4) is 17.0 Å². The van der Waals surface area contributed by atoms with Crippen molar-refractivity contribution in [2.75, 3.05) is 33.3 Å². The minimum atomic E-state index is -2.77. The molecule has 3 rings (SSSR count). The third-order valence-corrected chi connectivity index (χ3v) is 5.18. The number of nitrogens with one attached hydrogen (secondary N) is 1. The zero-order valence-corrected chi connectivity index (χ0v) is 17.9. The lowest BCUT2D eigenvalue weighted by Gasteiger charge is -2.17. The molecule has 0 atom stereocenters. The maximum Gasteiger partial charge on any atom is 0.280 e. The number of ether oxygens (including phenoxy) is 1. The van der Waals surface area contributed by atoms with E-state index in [-0.39, 0.29) is 22.8 Å². The van der Waals surface area contributed by atoms with Gasteiger partial charge >= 0.3 is 0 Å². The van der Waals surface area contributed by atoms with Crippen LogP contribution in [-0.2, 0) is 0 Å². The van der Waals surface area contributed by atoms with Gasteiger partial charge in [-0.15, -0.1) is 0 Å². The first-order chi connectivity index (χ1) is 15.0. The Kier molecular flexibility index (Phi) is 7.51. The predicted molar refractivity (Wildman–Crippen MR) is 115 cm³/mol. The van der Waals surface area contributed by atoms with Crippen molar-refractivity contribution in [1.82, 2.24) is 24.8 Å². The Balaban J connectivity index is 1.87. The predicted octanol–water partition coefficient (Wildman–Crippen LogP) is 3.80. The third kappa shape index (κ3) is 5.16. The summed E-state index contributed by atoms with van der Waals surface area (Å²) in [6.45, 7) is 7.44. The van der Waals surface area contributed by atoms with Crippen LogP contribution in [-0.4, -0.2) is 58.7 Å². The summed E-state index contributed by atoms with van der Waals surface area (Å²) in [5, 5.41) is 6.83. The van der Waals surface area contributed by atoms with Crippen molar-refractivity contribution in [1.29, 1.82) is 0 Å². The van der Waals surface area contributed by atoms with Crippen molar-refractivity contribution in [2.24, 2.45) is 0 Å². The number of nitrogens with zero attached hydrogens (tertiary/aromatic N) is 4. The number of alkyl halides is 2. The molecule has 0 aliphatic heterocycles. The quantitative estimate of drug-likeness (QED) is 0.495. The van der Waals surface area contributed by atoms with Gasteiger partial charge in [0.1, 0.15) is 17.0 Å². The Hall–Kier alpha value is -3.07. The van der Waals surface area contributed by atoms with Crippen LogP contribution in [0.15, 0.2) is 36.5 Å². The summed E-state index contributed by atoms with van der Waals surface area (Å²) in [6.07, 6.45) is -0.696. The van der Waals surface area contributed by atoms with Crippen molar-refractivity contribution in [2.45, 2.75) is 26.7 Å². The smallest absolute Gasteiger partial charge is 0.280 e. The SMILES string of the molecule is CCN(CC)CCCNC(=O)c1cnn2c(C(F)F)cc(-c3ccc(OC)cc3)nc12. The average molecular weight is 431 g/mol. The van der Waals surface area contributed by atoms with Crippen LogP contribution < -0.4 is 10.1 Å². The van der Waals surface area contributed by atoms with Crippen LogP contribution in [0.25, 0.3) is 16.9 Å². The van der Waals surface area contributed by atoms with Crippen LogP contribution in [0.5, 0.6) is 5.75 Å². The molecular formula is C22H27F2N5O2. The fourth-order valence-electron chi connectivity index (χ4n) is 3.35. The molecule has 0 spiro atoms. The van der Waals surface area contributed by atoms with Gasteiger partial charge in [0.25, 0.3) is 12.3 Å². The van der Waals surface area contributed by atoms with E-state index < -0.39 is 6.43 Å². The zero-order valence-electron chi connectivity index (χ0n) is 17.9. The van der Waals surface area contributed by atoms with E-state index >= 15 is 0 Å². The van der Waals surface area contributed by atoms with Gasteiger partial charge in [-0.2, -0.15) is 5.10 Å². The standard InChI is InChI=1S/C22H27F2N5O2/c1-4-28(5-2)12-6-11-25-22(30)17-14-26-29-19(20(23)24)13-18(27-21(17)29)15-7-9-16(31-3)10-8-15/h7-10,13-14,20H,4-6,11-12H2,1-3H3,(H,25,30). The highest BCUT2D eigenvalue weighted by molar-refractivity contribution is 5.99.